The van der Waals surface area contributed by atoms with Crippen LogP contribution in [0, 0.1) is 0 Å². The second-order valence-corrected chi connectivity index (χ2v) is 4.72. The Morgan fingerprint density at radius 3 is 2.67 bits per heavy atom. The molecule has 4 nitrogen and oxygen atoms in total. The molecule has 1 saturated heterocycles. The van der Waals surface area contributed by atoms with E-state index in [1.165, 1.54) is 0 Å². The highest BCUT2D eigenvalue weighted by Gasteiger charge is 2.35. The Balaban J connectivity index is 1.91. The van der Waals surface area contributed by atoms with E-state index in [0.29, 0.717) is 19.6 Å². The number of hydrogen-bond acceptors (Lipinski definition) is 4. The third kappa shape index (κ3) is 4.73. The van der Waals surface area contributed by atoms with Crippen LogP contribution >= 0.6 is 0 Å². The molecule has 0 atom stereocenters. The molecule has 1 N–H and O–H groups in total. The molecule has 0 saturated carbocycles. The van der Waals surface area contributed by atoms with Crippen molar-refractivity contribution in [3.8, 4) is 0 Å². The Morgan fingerprint density at radius 2 is 2.13 bits per heavy atom. The van der Waals surface area contributed by atoms with E-state index in [0.717, 1.165) is 19.6 Å². The van der Waals surface area contributed by atoms with Crippen molar-refractivity contribution in [2.75, 3.05) is 39.9 Å². The Labute approximate surface area is 92.0 Å². The Morgan fingerprint density at radius 1 is 1.47 bits per heavy atom. The van der Waals surface area contributed by atoms with E-state index in [2.05, 4.69) is 24.2 Å². The number of ketones is 1. The lowest BCUT2D eigenvalue weighted by atomic mass is 9.93. The molecular weight excluding hydrogens is 192 g/mol. The number of rotatable bonds is 7. The van der Waals surface area contributed by atoms with E-state index in [-0.39, 0.29) is 11.3 Å². The zero-order valence-corrected chi connectivity index (χ0v) is 10.0. The number of likely N-dealkylation sites (tertiary alicyclic amines) is 1. The molecule has 0 aromatic carbocycles. The summed E-state index contributed by atoms with van der Waals surface area (Å²) in [6.07, 6.45) is 0.528. The average Bonchev–Trinajstić information content (AvgIpc) is 2.08. The molecule has 0 unspecified atom stereocenters. The first-order chi connectivity index (χ1) is 7.02. The first-order valence-corrected chi connectivity index (χ1v) is 5.53. The quantitative estimate of drug-likeness (QED) is 0.618. The van der Waals surface area contributed by atoms with Gasteiger partial charge in [0, 0.05) is 31.6 Å². The summed E-state index contributed by atoms with van der Waals surface area (Å²) in [5.41, 5.74) is 0.263. The maximum atomic E-state index is 10.6. The molecular formula is C11H22N2O2. The fraction of sp³-hybridized carbons (Fsp3) is 0.909. The average molecular weight is 214 g/mol. The number of Topliss-reactive ketones (excluding diaryl/α,β-unsaturated/α-hetero) is 1. The summed E-state index contributed by atoms with van der Waals surface area (Å²) in [7, 11) is 2.12. The van der Waals surface area contributed by atoms with Crippen LogP contribution in [0.3, 0.4) is 0 Å². The monoisotopic (exact) mass is 214 g/mol. The van der Waals surface area contributed by atoms with Crippen molar-refractivity contribution < 1.29 is 9.53 Å². The van der Waals surface area contributed by atoms with Gasteiger partial charge in [-0.2, -0.15) is 0 Å². The summed E-state index contributed by atoms with van der Waals surface area (Å²) in [5, 5.41) is 3.46. The summed E-state index contributed by atoms with van der Waals surface area (Å²) in [5.74, 6) is 0.190. The lowest BCUT2D eigenvalue weighted by Crippen LogP contribution is -2.66. The standard InChI is InChI=1S/C11H22N2O2/c1-10(14)4-6-15-7-5-12-11(2)8-13(3)9-11/h12H,4-9H2,1-3H3. The molecule has 1 fully saturated rings. The number of hydrogen-bond donors (Lipinski definition) is 1. The number of nitrogens with zero attached hydrogens (tertiary/aromatic N) is 1. The molecule has 1 aliphatic heterocycles. The zero-order chi connectivity index (χ0) is 11.3. The highest BCUT2D eigenvalue weighted by Crippen LogP contribution is 2.17. The second kappa shape index (κ2) is 5.58. The Hall–Kier alpha value is -0.450. The molecule has 0 amide bonds. The van der Waals surface area contributed by atoms with Gasteiger partial charge in [-0.1, -0.05) is 0 Å². The molecule has 1 rings (SSSR count). The normalized spacial score (nSPS) is 19.9. The maximum Gasteiger partial charge on any atom is 0.132 e. The van der Waals surface area contributed by atoms with Crippen molar-refractivity contribution in [1.82, 2.24) is 10.2 Å². The molecule has 1 heterocycles. The van der Waals surface area contributed by atoms with E-state index in [1.807, 2.05) is 0 Å². The van der Waals surface area contributed by atoms with Crippen molar-refractivity contribution in [3.05, 3.63) is 0 Å². The van der Waals surface area contributed by atoms with Crippen LogP contribution in [-0.2, 0) is 9.53 Å². The fourth-order valence-electron chi connectivity index (χ4n) is 2.00. The van der Waals surface area contributed by atoms with Crippen molar-refractivity contribution in [3.63, 3.8) is 0 Å². The molecule has 0 spiro atoms. The van der Waals surface area contributed by atoms with Crippen LogP contribution in [-0.4, -0.2) is 56.1 Å². The Bertz CT molecular complexity index is 213. The van der Waals surface area contributed by atoms with Gasteiger partial charge in [-0.05, 0) is 20.9 Å². The highest BCUT2D eigenvalue weighted by atomic mass is 16.5. The van der Waals surface area contributed by atoms with Gasteiger partial charge in [0.15, 0.2) is 0 Å². The van der Waals surface area contributed by atoms with Crippen molar-refractivity contribution in [2.45, 2.75) is 25.8 Å². The van der Waals surface area contributed by atoms with Gasteiger partial charge in [-0.3, -0.25) is 4.79 Å². The fourth-order valence-corrected chi connectivity index (χ4v) is 2.00. The van der Waals surface area contributed by atoms with Crippen LogP contribution < -0.4 is 5.32 Å². The van der Waals surface area contributed by atoms with Crippen LogP contribution in [0.1, 0.15) is 20.3 Å². The third-order valence-corrected chi connectivity index (χ3v) is 2.63. The molecule has 0 radical (unpaired) electrons. The van der Waals surface area contributed by atoms with Crippen LogP contribution in [0.2, 0.25) is 0 Å². The summed E-state index contributed by atoms with van der Waals surface area (Å²) in [6, 6.07) is 0. The SMILES string of the molecule is CC(=O)CCOCCNC1(C)CN(C)C1. The first kappa shape index (κ1) is 12.6. The van der Waals surface area contributed by atoms with E-state index in [9.17, 15) is 4.79 Å². The summed E-state index contributed by atoms with van der Waals surface area (Å²) >= 11 is 0. The van der Waals surface area contributed by atoms with Crippen molar-refractivity contribution in [1.29, 1.82) is 0 Å². The van der Waals surface area contributed by atoms with Crippen molar-refractivity contribution >= 4 is 5.78 Å². The maximum absolute atomic E-state index is 10.6. The minimum Gasteiger partial charge on any atom is -0.380 e. The lowest BCUT2D eigenvalue weighted by molar-refractivity contribution is -0.118. The van der Waals surface area contributed by atoms with Crippen LogP contribution in [0.5, 0.6) is 0 Å². The summed E-state index contributed by atoms with van der Waals surface area (Å²) < 4.78 is 5.34. The van der Waals surface area contributed by atoms with Gasteiger partial charge in [0.1, 0.15) is 5.78 Å². The molecule has 0 aromatic heterocycles. The minimum atomic E-state index is 0.190. The number of likely N-dealkylation sites (N-methyl/N-ethyl adjacent to an activating group) is 1. The van der Waals surface area contributed by atoms with Gasteiger partial charge in [0.2, 0.25) is 0 Å². The zero-order valence-electron chi connectivity index (χ0n) is 10.0. The van der Waals surface area contributed by atoms with E-state index in [1.54, 1.807) is 6.92 Å². The number of carbonyl (C=O) groups excluding carboxylic acids is 1. The largest absolute Gasteiger partial charge is 0.380 e. The molecule has 0 aliphatic carbocycles. The number of ether oxygens (including phenoxy) is 1. The van der Waals surface area contributed by atoms with Gasteiger partial charge in [-0.25, -0.2) is 0 Å². The molecule has 0 aromatic rings. The number of carbonyl (C=O) groups is 1. The van der Waals surface area contributed by atoms with Gasteiger partial charge in [0.05, 0.1) is 13.2 Å². The molecule has 4 heteroatoms. The lowest BCUT2D eigenvalue weighted by Gasteiger charge is -2.46. The van der Waals surface area contributed by atoms with Crippen molar-refractivity contribution in [2.24, 2.45) is 0 Å². The van der Waals surface area contributed by atoms with E-state index >= 15 is 0 Å². The summed E-state index contributed by atoms with van der Waals surface area (Å²) in [4.78, 5) is 12.9. The first-order valence-electron chi connectivity index (χ1n) is 5.53. The van der Waals surface area contributed by atoms with Gasteiger partial charge in [-0.15, -0.1) is 0 Å². The topological polar surface area (TPSA) is 41.6 Å². The highest BCUT2D eigenvalue weighted by molar-refractivity contribution is 5.75. The predicted octanol–water partition coefficient (Wildman–Crippen LogP) is 0.276. The predicted molar refractivity (Wildman–Crippen MR) is 60.0 cm³/mol. The van der Waals surface area contributed by atoms with Gasteiger partial charge in [0.25, 0.3) is 0 Å². The van der Waals surface area contributed by atoms with Gasteiger partial charge >= 0.3 is 0 Å². The molecule has 88 valence electrons. The summed E-state index contributed by atoms with van der Waals surface area (Å²) in [6.45, 7) is 8.11. The minimum absolute atomic E-state index is 0.190. The van der Waals surface area contributed by atoms with Crippen LogP contribution in [0.15, 0.2) is 0 Å². The number of nitrogens with one attached hydrogen (secondary N) is 1. The van der Waals surface area contributed by atoms with Crippen LogP contribution in [0.4, 0.5) is 0 Å². The third-order valence-electron chi connectivity index (χ3n) is 2.63. The smallest absolute Gasteiger partial charge is 0.132 e. The van der Waals surface area contributed by atoms with E-state index in [4.69, 9.17) is 4.74 Å². The Kier molecular flexibility index (Phi) is 4.70. The van der Waals surface area contributed by atoms with E-state index < -0.39 is 0 Å². The van der Waals surface area contributed by atoms with Crippen LogP contribution in [0.25, 0.3) is 0 Å². The molecule has 15 heavy (non-hydrogen) atoms. The molecule has 0 bridgehead atoms. The van der Waals surface area contributed by atoms with Gasteiger partial charge < -0.3 is 15.0 Å². The molecule has 1 aliphatic rings. The second-order valence-electron chi connectivity index (χ2n) is 4.72.